The first-order valence-corrected chi connectivity index (χ1v) is 7.12. The number of benzene rings is 1. The van der Waals surface area contributed by atoms with Crippen LogP contribution in [0.3, 0.4) is 0 Å². The van der Waals surface area contributed by atoms with Gasteiger partial charge in [-0.15, -0.1) is 0 Å². The van der Waals surface area contributed by atoms with Gasteiger partial charge in [0.05, 0.1) is 11.3 Å². The Bertz CT molecular complexity index is 598. The fraction of sp³-hybridized carbons (Fsp3) is 0.357. The number of nitrogens with zero attached hydrogens (tertiary/aromatic N) is 1. The molecule has 20 heavy (non-hydrogen) atoms. The number of hydrogen-bond donors (Lipinski definition) is 1. The lowest BCUT2D eigenvalue weighted by molar-refractivity contribution is -0.121. The van der Waals surface area contributed by atoms with Crippen LogP contribution in [0.1, 0.15) is 28.8 Å². The number of Topliss-reactive ketones (excluding diaryl/α,β-unsaturated/α-hetero) is 1. The quantitative estimate of drug-likeness (QED) is 0.851. The summed E-state index contributed by atoms with van der Waals surface area (Å²) in [6.07, 6.45) is 0.854. The predicted octanol–water partition coefficient (Wildman–Crippen LogP) is 1.81. The summed E-state index contributed by atoms with van der Waals surface area (Å²) in [4.78, 5) is 36.7. The minimum absolute atomic E-state index is 0.0734. The topological polar surface area (TPSA) is 66.5 Å². The second kappa shape index (κ2) is 5.75. The molecule has 0 atom stereocenters. The number of ketones is 1. The summed E-state index contributed by atoms with van der Waals surface area (Å²) >= 11 is 3.33. The smallest absolute Gasteiger partial charge is 0.299 e. The van der Waals surface area contributed by atoms with E-state index in [0.717, 1.165) is 10.0 Å². The van der Waals surface area contributed by atoms with E-state index < -0.39 is 11.7 Å². The molecule has 0 saturated heterocycles. The van der Waals surface area contributed by atoms with Crippen LogP contribution in [0, 0.1) is 6.92 Å². The van der Waals surface area contributed by atoms with Gasteiger partial charge in [-0.25, -0.2) is 0 Å². The molecule has 1 heterocycles. The minimum Gasteiger partial charge on any atom is -0.359 e. The third-order valence-corrected chi connectivity index (χ3v) is 3.74. The highest BCUT2D eigenvalue weighted by Crippen LogP contribution is 2.35. The lowest BCUT2D eigenvalue weighted by Crippen LogP contribution is -2.31. The number of anilines is 1. The minimum atomic E-state index is -0.516. The summed E-state index contributed by atoms with van der Waals surface area (Å²) in [5, 5.41) is 2.53. The first kappa shape index (κ1) is 14.7. The fourth-order valence-corrected chi connectivity index (χ4v) is 2.91. The third-order valence-electron chi connectivity index (χ3n) is 3.28. The second-order valence-electron chi connectivity index (χ2n) is 4.68. The highest BCUT2D eigenvalue weighted by atomic mass is 79.9. The number of fused-ring (bicyclic) bond motifs is 1. The lowest BCUT2D eigenvalue weighted by Gasteiger charge is -2.18. The van der Waals surface area contributed by atoms with Crippen LogP contribution in [0.25, 0.3) is 0 Å². The maximum Gasteiger partial charge on any atom is 0.299 e. The number of carbonyl (C=O) groups is 3. The molecule has 6 heteroatoms. The van der Waals surface area contributed by atoms with Gasteiger partial charge in [-0.3, -0.25) is 14.4 Å². The first-order valence-electron chi connectivity index (χ1n) is 6.32. The van der Waals surface area contributed by atoms with Crippen LogP contribution in [-0.2, 0) is 9.59 Å². The molecule has 106 valence electrons. The van der Waals surface area contributed by atoms with Crippen molar-refractivity contribution in [1.82, 2.24) is 5.32 Å². The summed E-state index contributed by atoms with van der Waals surface area (Å²) in [6.45, 7) is 2.23. The Hall–Kier alpha value is -1.69. The number of aryl methyl sites for hydroxylation is 1. The molecule has 1 aliphatic heterocycles. The van der Waals surface area contributed by atoms with Gasteiger partial charge in [0.25, 0.3) is 11.7 Å². The molecule has 2 rings (SSSR count). The second-order valence-corrected chi connectivity index (χ2v) is 5.60. The Kier molecular flexibility index (Phi) is 4.23. The van der Waals surface area contributed by atoms with Crippen molar-refractivity contribution in [3.8, 4) is 0 Å². The van der Waals surface area contributed by atoms with Gasteiger partial charge in [0.1, 0.15) is 0 Å². The predicted molar refractivity (Wildman–Crippen MR) is 78.9 cm³/mol. The zero-order valence-electron chi connectivity index (χ0n) is 11.3. The Morgan fingerprint density at radius 3 is 2.70 bits per heavy atom. The van der Waals surface area contributed by atoms with E-state index in [1.165, 1.54) is 4.90 Å². The van der Waals surface area contributed by atoms with Crippen LogP contribution in [0.5, 0.6) is 0 Å². The summed E-state index contributed by atoms with van der Waals surface area (Å²) in [7, 11) is 1.57. The Morgan fingerprint density at radius 2 is 2.05 bits per heavy atom. The van der Waals surface area contributed by atoms with Crippen molar-refractivity contribution in [2.24, 2.45) is 0 Å². The van der Waals surface area contributed by atoms with Crippen LogP contribution in [-0.4, -0.2) is 31.2 Å². The number of halogens is 1. The van der Waals surface area contributed by atoms with Crippen molar-refractivity contribution in [2.75, 3.05) is 18.5 Å². The first-order chi connectivity index (χ1) is 9.45. The van der Waals surface area contributed by atoms with Gasteiger partial charge in [0.2, 0.25) is 5.91 Å². The van der Waals surface area contributed by atoms with Crippen molar-refractivity contribution in [2.45, 2.75) is 19.8 Å². The number of nitrogens with one attached hydrogen (secondary N) is 1. The Balaban J connectivity index is 2.22. The lowest BCUT2D eigenvalue weighted by atomic mass is 10.1. The molecular weight excluding hydrogens is 324 g/mol. The number of rotatable bonds is 4. The third kappa shape index (κ3) is 2.60. The summed E-state index contributed by atoms with van der Waals surface area (Å²) in [5.74, 6) is -1.07. The van der Waals surface area contributed by atoms with E-state index in [2.05, 4.69) is 21.2 Å². The molecule has 1 N–H and O–H groups in total. The monoisotopic (exact) mass is 338 g/mol. The van der Waals surface area contributed by atoms with Gasteiger partial charge < -0.3 is 10.2 Å². The van der Waals surface area contributed by atoms with E-state index in [-0.39, 0.29) is 5.91 Å². The molecule has 0 unspecified atom stereocenters. The normalized spacial score (nSPS) is 13.7. The zero-order valence-corrected chi connectivity index (χ0v) is 12.9. The van der Waals surface area contributed by atoms with Crippen LogP contribution >= 0.6 is 15.9 Å². The fourth-order valence-electron chi connectivity index (χ4n) is 2.34. The summed E-state index contributed by atoms with van der Waals surface area (Å²) < 4.78 is 0.780. The molecule has 0 saturated carbocycles. The SMILES string of the molecule is CNC(=O)CCCN1C(=O)C(=O)c2cc(Br)cc(C)c21. The molecule has 0 spiro atoms. The van der Waals surface area contributed by atoms with Crippen LogP contribution in [0.15, 0.2) is 16.6 Å². The maximum absolute atomic E-state index is 12.0. The molecule has 1 aromatic carbocycles. The van der Waals surface area contributed by atoms with Gasteiger partial charge in [0.15, 0.2) is 0 Å². The molecule has 1 aromatic rings. The van der Waals surface area contributed by atoms with Crippen molar-refractivity contribution >= 4 is 39.2 Å². The van der Waals surface area contributed by atoms with Crippen LogP contribution in [0.2, 0.25) is 0 Å². The van der Waals surface area contributed by atoms with Gasteiger partial charge in [0, 0.05) is 24.5 Å². The molecule has 0 aliphatic carbocycles. The van der Waals surface area contributed by atoms with Gasteiger partial charge in [-0.05, 0) is 31.0 Å². The van der Waals surface area contributed by atoms with E-state index in [9.17, 15) is 14.4 Å². The molecule has 0 bridgehead atoms. The molecule has 0 fully saturated rings. The van der Waals surface area contributed by atoms with Gasteiger partial charge in [-0.2, -0.15) is 0 Å². The van der Waals surface area contributed by atoms with E-state index in [0.29, 0.717) is 30.6 Å². The van der Waals surface area contributed by atoms with Crippen molar-refractivity contribution < 1.29 is 14.4 Å². The van der Waals surface area contributed by atoms with Crippen LogP contribution < -0.4 is 10.2 Å². The van der Waals surface area contributed by atoms with Gasteiger partial charge in [-0.1, -0.05) is 15.9 Å². The molecule has 2 amide bonds. The van der Waals surface area contributed by atoms with Crippen molar-refractivity contribution in [3.05, 3.63) is 27.7 Å². The average Bonchev–Trinajstić information content (AvgIpc) is 2.64. The highest BCUT2D eigenvalue weighted by molar-refractivity contribution is 9.10. The Morgan fingerprint density at radius 1 is 1.35 bits per heavy atom. The average molecular weight is 339 g/mol. The maximum atomic E-state index is 12.0. The number of amides is 2. The van der Waals surface area contributed by atoms with Gasteiger partial charge >= 0.3 is 0 Å². The summed E-state index contributed by atoms with van der Waals surface area (Å²) in [6, 6.07) is 3.54. The number of hydrogen-bond acceptors (Lipinski definition) is 3. The molecule has 1 aliphatic rings. The van der Waals surface area contributed by atoms with E-state index in [1.54, 1.807) is 13.1 Å². The molecule has 5 nitrogen and oxygen atoms in total. The standard InChI is InChI=1S/C14H15BrN2O3/c1-8-6-9(15)7-10-12(8)17(14(20)13(10)19)5-3-4-11(18)16-2/h6-7H,3-5H2,1-2H3,(H,16,18). The zero-order chi connectivity index (χ0) is 14.9. The Labute approximate surface area is 125 Å². The van der Waals surface area contributed by atoms with Crippen molar-refractivity contribution in [3.63, 3.8) is 0 Å². The largest absolute Gasteiger partial charge is 0.359 e. The summed E-state index contributed by atoms with van der Waals surface area (Å²) in [5.41, 5.74) is 1.97. The molecule has 0 radical (unpaired) electrons. The highest BCUT2D eigenvalue weighted by Gasteiger charge is 2.36. The van der Waals surface area contributed by atoms with E-state index in [4.69, 9.17) is 0 Å². The number of carbonyl (C=O) groups excluding carboxylic acids is 3. The molecule has 0 aromatic heterocycles. The van der Waals surface area contributed by atoms with Crippen LogP contribution in [0.4, 0.5) is 5.69 Å². The van der Waals surface area contributed by atoms with E-state index in [1.807, 2.05) is 13.0 Å². The van der Waals surface area contributed by atoms with Crippen molar-refractivity contribution in [1.29, 1.82) is 0 Å². The molecular formula is C14H15BrN2O3. The van der Waals surface area contributed by atoms with E-state index >= 15 is 0 Å².